The third-order valence-electron chi connectivity index (χ3n) is 6.07. The molecule has 0 spiro atoms. The first kappa shape index (κ1) is 27.7. The Balaban J connectivity index is 1.49. The lowest BCUT2D eigenvalue weighted by atomic mass is 10.1. The Bertz CT molecular complexity index is 1360. The molecule has 0 atom stereocenters. The van der Waals surface area contributed by atoms with Gasteiger partial charge in [0.15, 0.2) is 11.5 Å². The van der Waals surface area contributed by atoms with Gasteiger partial charge in [0, 0.05) is 47.5 Å². The van der Waals surface area contributed by atoms with Crippen molar-refractivity contribution < 1.29 is 14.3 Å². The molecule has 9 heteroatoms. The van der Waals surface area contributed by atoms with Gasteiger partial charge in [0.25, 0.3) is 5.91 Å². The number of ether oxygens (including phenoxy) is 2. The van der Waals surface area contributed by atoms with E-state index < -0.39 is 0 Å². The molecule has 3 aromatic carbocycles. The average Bonchev–Trinajstić information content (AvgIpc) is 2.92. The smallest absolute Gasteiger partial charge is 0.264 e. The third-order valence-corrected chi connectivity index (χ3v) is 6.94. The highest BCUT2D eigenvalue weighted by Crippen LogP contribution is 2.38. The van der Waals surface area contributed by atoms with Gasteiger partial charge in [0.05, 0.1) is 11.6 Å². The Morgan fingerprint density at radius 3 is 2.37 bits per heavy atom. The fourth-order valence-corrected chi connectivity index (χ4v) is 4.89. The van der Waals surface area contributed by atoms with Crippen LogP contribution < -0.4 is 14.4 Å². The summed E-state index contributed by atoms with van der Waals surface area (Å²) in [5.41, 5.74) is 2.44. The minimum Gasteiger partial charge on any atom is -0.490 e. The van der Waals surface area contributed by atoms with Crippen LogP contribution in [-0.4, -0.2) is 43.6 Å². The lowest BCUT2D eigenvalue weighted by molar-refractivity contribution is -0.126. The fraction of sp³-hybridized carbons (Fsp3) is 0.241. The normalized spacial score (nSPS) is 13.7. The molecule has 4 rings (SSSR count). The van der Waals surface area contributed by atoms with Crippen molar-refractivity contribution in [2.24, 2.45) is 0 Å². The number of carbonyl (C=O) groups excluding carboxylic acids is 1. The van der Waals surface area contributed by atoms with E-state index in [1.54, 1.807) is 35.2 Å². The van der Waals surface area contributed by atoms with Crippen molar-refractivity contribution in [1.29, 1.82) is 5.26 Å². The number of amides is 1. The summed E-state index contributed by atoms with van der Waals surface area (Å²) in [5.74, 6) is 0.433. The Morgan fingerprint density at radius 1 is 0.974 bits per heavy atom. The van der Waals surface area contributed by atoms with Gasteiger partial charge in [-0.15, -0.1) is 0 Å². The lowest BCUT2D eigenvalue weighted by Crippen LogP contribution is -2.49. The Hall–Kier alpha value is -3.37. The van der Waals surface area contributed by atoms with Crippen LogP contribution in [-0.2, 0) is 11.4 Å². The van der Waals surface area contributed by atoms with Crippen molar-refractivity contribution in [3.8, 4) is 17.6 Å². The Kier molecular flexibility index (Phi) is 9.41. The monoisotopic (exact) mass is 569 g/mol. The standard InChI is InChI=1S/C29H26Cl3N3O3/c1-2-37-27-16-20(15-26(32)28(27)38-19-21-8-9-23(30)17-25(21)31)14-22(18-33)29(36)35-12-10-34(11-13-35)24-6-4-3-5-7-24/h3-9,14-17H,2,10-13,19H2,1H3/b22-14-. The van der Waals surface area contributed by atoms with E-state index in [1.165, 1.54) is 6.08 Å². The van der Waals surface area contributed by atoms with E-state index >= 15 is 0 Å². The SMILES string of the molecule is CCOc1cc(/C=C(/C#N)C(=O)N2CCN(c3ccccc3)CC2)cc(Cl)c1OCc1ccc(Cl)cc1Cl. The van der Waals surface area contributed by atoms with Crippen LogP contribution in [0.1, 0.15) is 18.1 Å². The molecule has 0 aliphatic carbocycles. The van der Waals surface area contributed by atoms with Gasteiger partial charge in [-0.3, -0.25) is 4.79 Å². The van der Waals surface area contributed by atoms with Gasteiger partial charge in [-0.25, -0.2) is 0 Å². The number of carbonyl (C=O) groups is 1. The molecule has 0 radical (unpaired) electrons. The second-order valence-corrected chi connectivity index (χ2v) is 9.82. The zero-order chi connectivity index (χ0) is 27.1. The number of nitriles is 1. The molecule has 0 unspecified atom stereocenters. The molecular formula is C29H26Cl3N3O3. The maximum absolute atomic E-state index is 13.2. The Morgan fingerprint density at radius 2 is 1.71 bits per heavy atom. The maximum atomic E-state index is 13.2. The maximum Gasteiger partial charge on any atom is 0.264 e. The third kappa shape index (κ3) is 6.73. The highest BCUT2D eigenvalue weighted by molar-refractivity contribution is 6.35. The highest BCUT2D eigenvalue weighted by Gasteiger charge is 2.24. The molecule has 1 aliphatic rings. The van der Waals surface area contributed by atoms with Crippen molar-refractivity contribution in [3.05, 3.63) is 92.4 Å². The molecule has 6 nitrogen and oxygen atoms in total. The molecule has 1 aliphatic heterocycles. The zero-order valence-corrected chi connectivity index (χ0v) is 23.1. The number of para-hydroxylation sites is 1. The predicted octanol–water partition coefficient (Wildman–Crippen LogP) is 6.88. The summed E-state index contributed by atoms with van der Waals surface area (Å²) >= 11 is 18.8. The van der Waals surface area contributed by atoms with E-state index in [0.717, 1.165) is 11.3 Å². The first-order chi connectivity index (χ1) is 18.4. The molecule has 38 heavy (non-hydrogen) atoms. The topological polar surface area (TPSA) is 65.8 Å². The van der Waals surface area contributed by atoms with Gasteiger partial charge in [-0.05, 0) is 55.0 Å². The number of hydrogen-bond donors (Lipinski definition) is 0. The van der Waals surface area contributed by atoms with Crippen molar-refractivity contribution in [2.45, 2.75) is 13.5 Å². The first-order valence-electron chi connectivity index (χ1n) is 12.1. The Labute approximate surface area is 237 Å². The van der Waals surface area contributed by atoms with E-state index in [2.05, 4.69) is 17.0 Å². The molecule has 1 heterocycles. The van der Waals surface area contributed by atoms with Gasteiger partial charge in [0.2, 0.25) is 0 Å². The van der Waals surface area contributed by atoms with E-state index in [-0.39, 0.29) is 23.1 Å². The van der Waals surface area contributed by atoms with Crippen LogP contribution in [0.15, 0.2) is 66.2 Å². The van der Waals surface area contributed by atoms with Crippen LogP contribution in [0.25, 0.3) is 6.08 Å². The van der Waals surface area contributed by atoms with Crippen LogP contribution >= 0.6 is 34.8 Å². The van der Waals surface area contributed by atoms with E-state index in [4.69, 9.17) is 44.3 Å². The number of halogens is 3. The van der Waals surface area contributed by atoms with Gasteiger partial charge < -0.3 is 19.3 Å². The summed E-state index contributed by atoms with van der Waals surface area (Å²) in [7, 11) is 0. The van der Waals surface area contributed by atoms with E-state index in [1.807, 2.05) is 31.2 Å². The van der Waals surface area contributed by atoms with Crippen molar-refractivity contribution >= 4 is 52.5 Å². The average molecular weight is 571 g/mol. The molecule has 0 aromatic heterocycles. The molecule has 3 aromatic rings. The molecule has 1 amide bonds. The number of rotatable bonds is 8. The lowest BCUT2D eigenvalue weighted by Gasteiger charge is -2.36. The van der Waals surface area contributed by atoms with Gasteiger partial charge >= 0.3 is 0 Å². The predicted molar refractivity (Wildman–Crippen MR) is 152 cm³/mol. The fourth-order valence-electron chi connectivity index (χ4n) is 4.15. The van der Waals surface area contributed by atoms with Crippen LogP contribution in [0.4, 0.5) is 5.69 Å². The summed E-state index contributed by atoms with van der Waals surface area (Å²) in [4.78, 5) is 17.1. The summed E-state index contributed by atoms with van der Waals surface area (Å²) in [6.07, 6.45) is 1.53. The van der Waals surface area contributed by atoms with Gasteiger partial charge in [0.1, 0.15) is 18.2 Å². The second kappa shape index (κ2) is 12.9. The van der Waals surface area contributed by atoms with E-state index in [0.29, 0.717) is 59.9 Å². The molecule has 196 valence electrons. The number of piperazine rings is 1. The first-order valence-corrected chi connectivity index (χ1v) is 13.3. The second-order valence-electron chi connectivity index (χ2n) is 8.57. The summed E-state index contributed by atoms with van der Waals surface area (Å²) in [6.45, 7) is 4.81. The zero-order valence-electron chi connectivity index (χ0n) is 20.8. The number of anilines is 1. The summed E-state index contributed by atoms with van der Waals surface area (Å²) in [6, 6.07) is 20.6. The number of nitrogens with zero attached hydrogens (tertiary/aromatic N) is 3. The van der Waals surface area contributed by atoms with Gasteiger partial charge in [-0.2, -0.15) is 5.26 Å². The minimum absolute atomic E-state index is 0.0262. The molecular weight excluding hydrogens is 545 g/mol. The van der Waals surface area contributed by atoms with Crippen LogP contribution in [0.5, 0.6) is 11.5 Å². The molecule has 1 fully saturated rings. The number of hydrogen-bond acceptors (Lipinski definition) is 5. The quantitative estimate of drug-likeness (QED) is 0.218. The summed E-state index contributed by atoms with van der Waals surface area (Å²) in [5, 5.41) is 11.1. The van der Waals surface area contributed by atoms with Crippen LogP contribution in [0.2, 0.25) is 15.1 Å². The highest BCUT2D eigenvalue weighted by atomic mass is 35.5. The molecule has 1 saturated heterocycles. The van der Waals surface area contributed by atoms with Crippen LogP contribution in [0, 0.1) is 11.3 Å². The largest absolute Gasteiger partial charge is 0.490 e. The van der Waals surface area contributed by atoms with Crippen molar-refractivity contribution in [3.63, 3.8) is 0 Å². The van der Waals surface area contributed by atoms with Gasteiger partial charge in [-0.1, -0.05) is 59.1 Å². The summed E-state index contributed by atoms with van der Waals surface area (Å²) < 4.78 is 11.7. The minimum atomic E-state index is -0.313. The van der Waals surface area contributed by atoms with Crippen molar-refractivity contribution in [1.82, 2.24) is 4.90 Å². The molecule has 0 bridgehead atoms. The van der Waals surface area contributed by atoms with Crippen molar-refractivity contribution in [2.75, 3.05) is 37.7 Å². The molecule has 0 saturated carbocycles. The van der Waals surface area contributed by atoms with E-state index in [9.17, 15) is 10.1 Å². The number of benzene rings is 3. The molecule has 0 N–H and O–H groups in total. The van der Waals surface area contributed by atoms with Crippen LogP contribution in [0.3, 0.4) is 0 Å².